The van der Waals surface area contributed by atoms with Crippen molar-refractivity contribution < 1.29 is 14.8 Å². The molecule has 2 N–H and O–H groups in total. The van der Waals surface area contributed by atoms with Crippen molar-refractivity contribution in [1.82, 2.24) is 0 Å². The highest BCUT2D eigenvalue weighted by Crippen LogP contribution is 2.47. The van der Waals surface area contributed by atoms with Crippen molar-refractivity contribution in [3.63, 3.8) is 0 Å². The second-order valence-electron chi connectivity index (χ2n) is 3.34. The SMILES string of the molecule is CP(Cc1ccc([C@@H](O)CO)cc1)P=O. The van der Waals surface area contributed by atoms with Crippen LogP contribution in [0.3, 0.4) is 0 Å². The second kappa shape index (κ2) is 6.30. The van der Waals surface area contributed by atoms with Gasteiger partial charge in [-0.15, -0.1) is 0 Å². The second-order valence-corrected chi connectivity index (χ2v) is 7.67. The fraction of sp³-hybridized carbons (Fsp3) is 0.400. The number of hydrogen-bond donors (Lipinski definition) is 2. The van der Waals surface area contributed by atoms with Gasteiger partial charge in [0.05, 0.1) is 6.61 Å². The Hall–Kier alpha value is -0.330. The van der Waals surface area contributed by atoms with E-state index in [4.69, 9.17) is 5.11 Å². The van der Waals surface area contributed by atoms with E-state index >= 15 is 0 Å². The molecule has 1 unspecified atom stereocenters. The first kappa shape index (κ1) is 12.7. The van der Waals surface area contributed by atoms with Crippen molar-refractivity contribution in [3.8, 4) is 0 Å². The topological polar surface area (TPSA) is 57.5 Å². The van der Waals surface area contributed by atoms with Crippen LogP contribution in [0.5, 0.6) is 0 Å². The van der Waals surface area contributed by atoms with Gasteiger partial charge in [0.2, 0.25) is 0 Å². The zero-order valence-corrected chi connectivity index (χ0v) is 10.3. The van der Waals surface area contributed by atoms with Crippen LogP contribution in [0.2, 0.25) is 0 Å². The highest BCUT2D eigenvalue weighted by molar-refractivity contribution is 8.15. The summed E-state index contributed by atoms with van der Waals surface area (Å²) in [5.41, 5.74) is 1.82. The molecule has 0 spiro atoms. The lowest BCUT2D eigenvalue weighted by Gasteiger charge is -2.08. The molecule has 0 fully saturated rings. The summed E-state index contributed by atoms with van der Waals surface area (Å²) in [6, 6.07) is 7.39. The first-order chi connectivity index (χ1) is 7.17. The summed E-state index contributed by atoms with van der Waals surface area (Å²) in [6.45, 7) is 1.71. The predicted octanol–water partition coefficient (Wildman–Crippen LogP) is 2.53. The maximum atomic E-state index is 10.6. The van der Waals surface area contributed by atoms with E-state index in [0.29, 0.717) is 5.56 Å². The molecule has 0 aliphatic heterocycles. The van der Waals surface area contributed by atoms with Crippen LogP contribution in [0.15, 0.2) is 24.3 Å². The van der Waals surface area contributed by atoms with Gasteiger partial charge in [0.1, 0.15) is 6.10 Å². The number of aliphatic hydroxyl groups excluding tert-OH is 2. The van der Waals surface area contributed by atoms with Gasteiger partial charge in [-0.2, -0.15) is 0 Å². The third-order valence-corrected chi connectivity index (χ3v) is 4.45. The van der Waals surface area contributed by atoms with Crippen LogP contribution in [0.1, 0.15) is 17.2 Å². The van der Waals surface area contributed by atoms with E-state index in [1.807, 2.05) is 18.8 Å². The normalized spacial score (nSPS) is 15.1. The van der Waals surface area contributed by atoms with Crippen LogP contribution in [0.25, 0.3) is 0 Å². The Labute approximate surface area is 92.0 Å². The molecule has 0 aliphatic carbocycles. The van der Waals surface area contributed by atoms with E-state index in [9.17, 15) is 9.67 Å². The third-order valence-electron chi connectivity index (χ3n) is 2.09. The van der Waals surface area contributed by atoms with Gasteiger partial charge < -0.3 is 10.2 Å². The first-order valence-electron chi connectivity index (χ1n) is 4.59. The molecule has 5 heteroatoms. The van der Waals surface area contributed by atoms with Crippen LogP contribution in [-0.4, -0.2) is 23.5 Å². The summed E-state index contributed by atoms with van der Waals surface area (Å²) in [5.74, 6) is 0. The lowest BCUT2D eigenvalue weighted by atomic mass is 10.1. The van der Waals surface area contributed by atoms with Crippen molar-refractivity contribution in [3.05, 3.63) is 35.4 Å². The van der Waals surface area contributed by atoms with Gasteiger partial charge >= 0.3 is 0 Å². The van der Waals surface area contributed by atoms with Crippen molar-refractivity contribution in [2.45, 2.75) is 12.3 Å². The summed E-state index contributed by atoms with van der Waals surface area (Å²) in [5, 5.41) is 18.1. The molecule has 1 rings (SSSR count). The minimum absolute atomic E-state index is 0.218. The van der Waals surface area contributed by atoms with Crippen molar-refractivity contribution in [2.75, 3.05) is 13.3 Å². The number of benzene rings is 1. The molecule has 3 nitrogen and oxygen atoms in total. The summed E-state index contributed by atoms with van der Waals surface area (Å²) < 4.78 is 10.6. The van der Waals surface area contributed by atoms with E-state index in [0.717, 1.165) is 11.7 Å². The molecule has 0 aliphatic rings. The van der Waals surface area contributed by atoms with Crippen molar-refractivity contribution in [2.24, 2.45) is 0 Å². The van der Waals surface area contributed by atoms with Crippen molar-refractivity contribution in [1.29, 1.82) is 0 Å². The summed E-state index contributed by atoms with van der Waals surface area (Å²) >= 11 is 0. The monoisotopic (exact) mass is 244 g/mol. The molecular formula is C10H14O3P2. The van der Waals surface area contributed by atoms with Crippen LogP contribution in [-0.2, 0) is 10.7 Å². The zero-order valence-electron chi connectivity index (χ0n) is 8.50. The number of hydrogen-bond acceptors (Lipinski definition) is 3. The fourth-order valence-corrected chi connectivity index (χ4v) is 2.70. The molecule has 2 atom stereocenters. The molecule has 0 aromatic heterocycles. The van der Waals surface area contributed by atoms with Gasteiger partial charge in [-0.05, 0) is 25.4 Å². The first-order valence-corrected chi connectivity index (χ1v) is 8.08. The molecular weight excluding hydrogens is 230 g/mol. The lowest BCUT2D eigenvalue weighted by molar-refractivity contribution is 0.0956. The molecule has 1 aromatic rings. The Bertz CT molecular complexity index is 313. The Kier molecular flexibility index (Phi) is 5.35. The van der Waals surface area contributed by atoms with Gasteiger partial charge in [0.25, 0.3) is 0 Å². The number of rotatable bonds is 5. The Morgan fingerprint density at radius 1 is 1.40 bits per heavy atom. The van der Waals surface area contributed by atoms with Crippen LogP contribution < -0.4 is 0 Å². The van der Waals surface area contributed by atoms with E-state index in [1.54, 1.807) is 12.1 Å². The maximum absolute atomic E-state index is 10.6. The summed E-state index contributed by atoms with van der Waals surface area (Å²) in [4.78, 5) is 0. The largest absolute Gasteiger partial charge is 0.393 e. The van der Waals surface area contributed by atoms with E-state index in [2.05, 4.69) is 0 Å². The zero-order chi connectivity index (χ0) is 11.3. The third kappa shape index (κ3) is 3.96. The average molecular weight is 244 g/mol. The molecule has 0 amide bonds. The van der Waals surface area contributed by atoms with E-state index < -0.39 is 13.7 Å². The molecule has 1 aromatic carbocycles. The molecule has 0 radical (unpaired) electrons. The van der Waals surface area contributed by atoms with Crippen LogP contribution in [0, 0.1) is 0 Å². The van der Waals surface area contributed by atoms with Gasteiger partial charge in [-0.25, -0.2) is 0 Å². The predicted molar refractivity (Wildman–Crippen MR) is 62.6 cm³/mol. The van der Waals surface area contributed by atoms with Crippen LogP contribution >= 0.6 is 15.8 Å². The quantitative estimate of drug-likeness (QED) is 0.782. The molecule has 0 bridgehead atoms. The highest BCUT2D eigenvalue weighted by Gasteiger charge is 2.06. The van der Waals surface area contributed by atoms with Gasteiger partial charge in [0, 0.05) is 6.16 Å². The number of aliphatic hydroxyl groups is 2. The molecule has 15 heavy (non-hydrogen) atoms. The molecule has 82 valence electrons. The average Bonchev–Trinajstić information content (AvgIpc) is 2.29. The summed E-state index contributed by atoms with van der Waals surface area (Å²) in [6.07, 6.45) is 0.00965. The van der Waals surface area contributed by atoms with Crippen molar-refractivity contribution >= 4 is 15.8 Å². The molecule has 0 heterocycles. The van der Waals surface area contributed by atoms with E-state index in [-0.39, 0.29) is 14.8 Å². The Morgan fingerprint density at radius 3 is 2.47 bits per heavy atom. The lowest BCUT2D eigenvalue weighted by Crippen LogP contribution is -2.01. The Balaban J connectivity index is 2.67. The highest BCUT2D eigenvalue weighted by atomic mass is 32.0. The van der Waals surface area contributed by atoms with Gasteiger partial charge in [-0.1, -0.05) is 24.3 Å². The van der Waals surface area contributed by atoms with E-state index in [1.165, 1.54) is 0 Å². The Morgan fingerprint density at radius 2 is 2.00 bits per heavy atom. The standard InChI is InChI=1S/C10H14O3P2/c1-15(14-13)7-8-2-4-9(5-3-8)10(12)6-11/h2-5,10-12H,6-7H2,1H3/t10-,15?/m0/s1. The molecule has 0 saturated heterocycles. The van der Waals surface area contributed by atoms with Gasteiger partial charge in [-0.3, -0.25) is 4.57 Å². The minimum Gasteiger partial charge on any atom is -0.393 e. The van der Waals surface area contributed by atoms with Crippen LogP contribution in [0.4, 0.5) is 0 Å². The summed E-state index contributed by atoms with van der Waals surface area (Å²) in [7, 11) is -0.261. The maximum Gasteiger partial charge on any atom is 0.181 e. The minimum atomic E-state index is -0.806. The van der Waals surface area contributed by atoms with Gasteiger partial charge in [0.15, 0.2) is 8.15 Å². The smallest absolute Gasteiger partial charge is 0.181 e. The fourth-order valence-electron chi connectivity index (χ4n) is 1.24. The molecule has 0 saturated carbocycles.